The van der Waals surface area contributed by atoms with E-state index in [9.17, 15) is 9.50 Å². The van der Waals surface area contributed by atoms with Crippen LogP contribution in [0, 0.1) is 11.7 Å². The fourth-order valence-corrected chi connectivity index (χ4v) is 2.38. The van der Waals surface area contributed by atoms with Gasteiger partial charge in [-0.1, -0.05) is 6.42 Å². The number of hydrogen-bond acceptors (Lipinski definition) is 4. The monoisotopic (exact) mass is 305 g/mol. The Morgan fingerprint density at radius 3 is 2.25 bits per heavy atom. The number of methoxy groups -OCH3 is 2. The molecule has 1 saturated carbocycles. The average Bonchev–Trinajstić information content (AvgIpc) is 2.35. The molecule has 1 aliphatic rings. The average molecular weight is 306 g/mol. The molecule has 2 rings (SSSR count). The molecule has 0 spiro atoms. The number of benzene rings is 1. The number of aliphatic hydroxyl groups is 1. The summed E-state index contributed by atoms with van der Waals surface area (Å²) < 4.78 is 24.2. The summed E-state index contributed by atoms with van der Waals surface area (Å²) in [7, 11) is 2.92. The predicted octanol–water partition coefficient (Wildman–Crippen LogP) is 2.43. The molecule has 1 aromatic carbocycles. The first-order valence-electron chi connectivity index (χ1n) is 6.43. The third kappa shape index (κ3) is 3.16. The molecule has 1 fully saturated rings. The zero-order valence-electron chi connectivity index (χ0n) is 11.6. The van der Waals surface area contributed by atoms with Crippen LogP contribution in [0.2, 0.25) is 0 Å². The highest BCUT2D eigenvalue weighted by molar-refractivity contribution is 5.85. The molecule has 0 heterocycles. The van der Waals surface area contributed by atoms with Gasteiger partial charge in [0.15, 0.2) is 11.5 Å². The lowest BCUT2D eigenvalue weighted by Gasteiger charge is -2.34. The van der Waals surface area contributed by atoms with Gasteiger partial charge in [0, 0.05) is 11.6 Å². The van der Waals surface area contributed by atoms with Gasteiger partial charge in [0.05, 0.1) is 26.4 Å². The smallest absolute Gasteiger partial charge is 0.163 e. The van der Waals surface area contributed by atoms with E-state index in [1.807, 2.05) is 0 Å². The minimum atomic E-state index is -0.745. The SMILES string of the molecule is COc1cc(F)c([C@@H](N)[C@@H](O)C2CCC2)cc1OC.Cl. The maximum absolute atomic E-state index is 14.0. The molecule has 20 heavy (non-hydrogen) atoms. The van der Waals surface area contributed by atoms with Crippen molar-refractivity contribution < 1.29 is 19.0 Å². The molecule has 0 saturated heterocycles. The van der Waals surface area contributed by atoms with Crippen LogP contribution in [0.4, 0.5) is 4.39 Å². The van der Waals surface area contributed by atoms with Crippen LogP contribution >= 0.6 is 12.4 Å². The van der Waals surface area contributed by atoms with Crippen LogP contribution in [-0.2, 0) is 0 Å². The largest absolute Gasteiger partial charge is 0.493 e. The summed E-state index contributed by atoms with van der Waals surface area (Å²) in [6.45, 7) is 0. The Morgan fingerprint density at radius 2 is 1.80 bits per heavy atom. The molecular weight excluding hydrogens is 285 g/mol. The van der Waals surface area contributed by atoms with Crippen molar-refractivity contribution >= 4 is 12.4 Å². The highest BCUT2D eigenvalue weighted by Gasteiger charge is 2.32. The highest BCUT2D eigenvalue weighted by Crippen LogP contribution is 2.37. The van der Waals surface area contributed by atoms with Crippen LogP contribution in [0.1, 0.15) is 30.9 Å². The van der Waals surface area contributed by atoms with E-state index < -0.39 is 18.0 Å². The molecule has 4 nitrogen and oxygen atoms in total. The molecule has 1 aromatic rings. The van der Waals surface area contributed by atoms with Gasteiger partial charge in [0.1, 0.15) is 5.82 Å². The van der Waals surface area contributed by atoms with Crippen molar-refractivity contribution in [3.8, 4) is 11.5 Å². The Morgan fingerprint density at radius 1 is 1.25 bits per heavy atom. The standard InChI is InChI=1S/C14H20FNO3.ClH/c1-18-11-6-9(10(15)7-12(11)19-2)13(16)14(17)8-4-3-5-8;/h6-8,13-14,17H,3-5,16H2,1-2H3;1H/t13-,14+;/m1./s1. The van der Waals surface area contributed by atoms with Gasteiger partial charge in [-0.2, -0.15) is 0 Å². The molecule has 2 atom stereocenters. The zero-order valence-corrected chi connectivity index (χ0v) is 12.5. The summed E-state index contributed by atoms with van der Waals surface area (Å²) in [4.78, 5) is 0. The number of halogens is 2. The Hall–Kier alpha value is -1.04. The first-order valence-corrected chi connectivity index (χ1v) is 6.43. The number of rotatable bonds is 5. The van der Waals surface area contributed by atoms with E-state index in [4.69, 9.17) is 15.2 Å². The Balaban J connectivity index is 0.00000200. The van der Waals surface area contributed by atoms with Crippen molar-refractivity contribution in [3.63, 3.8) is 0 Å². The molecule has 3 N–H and O–H groups in total. The van der Waals surface area contributed by atoms with E-state index in [1.165, 1.54) is 26.4 Å². The van der Waals surface area contributed by atoms with Crippen LogP contribution < -0.4 is 15.2 Å². The molecule has 0 aliphatic heterocycles. The highest BCUT2D eigenvalue weighted by atomic mass is 35.5. The van der Waals surface area contributed by atoms with E-state index in [0.717, 1.165) is 19.3 Å². The molecular formula is C14H21ClFNO3. The van der Waals surface area contributed by atoms with Crippen molar-refractivity contribution in [1.29, 1.82) is 0 Å². The van der Waals surface area contributed by atoms with Crippen molar-refractivity contribution in [3.05, 3.63) is 23.5 Å². The Labute approximate surface area is 124 Å². The Bertz CT molecular complexity index is 454. The molecule has 0 aromatic heterocycles. The second kappa shape index (κ2) is 7.11. The van der Waals surface area contributed by atoms with Crippen LogP contribution in [0.15, 0.2) is 12.1 Å². The normalized spacial score (nSPS) is 17.6. The van der Waals surface area contributed by atoms with Crippen LogP contribution in [0.3, 0.4) is 0 Å². The van der Waals surface area contributed by atoms with Crippen molar-refractivity contribution in [2.75, 3.05) is 14.2 Å². The first kappa shape index (κ1) is 17.0. The van der Waals surface area contributed by atoms with Crippen LogP contribution in [0.25, 0.3) is 0 Å². The summed E-state index contributed by atoms with van der Waals surface area (Å²) >= 11 is 0. The summed E-state index contributed by atoms with van der Waals surface area (Å²) in [5.74, 6) is 0.412. The van der Waals surface area contributed by atoms with Gasteiger partial charge in [0.2, 0.25) is 0 Å². The number of ether oxygens (including phenoxy) is 2. The summed E-state index contributed by atoms with van der Waals surface area (Å²) in [6, 6.07) is 1.99. The van der Waals surface area contributed by atoms with E-state index in [-0.39, 0.29) is 23.9 Å². The molecule has 0 unspecified atom stereocenters. The fourth-order valence-electron chi connectivity index (χ4n) is 2.38. The van der Waals surface area contributed by atoms with Gasteiger partial charge < -0.3 is 20.3 Å². The van der Waals surface area contributed by atoms with Gasteiger partial charge in [-0.05, 0) is 24.8 Å². The maximum atomic E-state index is 14.0. The molecule has 0 radical (unpaired) electrons. The lowest BCUT2D eigenvalue weighted by molar-refractivity contribution is 0.0404. The van der Waals surface area contributed by atoms with Gasteiger partial charge in [-0.3, -0.25) is 0 Å². The van der Waals surface area contributed by atoms with Gasteiger partial charge >= 0.3 is 0 Å². The van der Waals surface area contributed by atoms with Gasteiger partial charge in [0.25, 0.3) is 0 Å². The van der Waals surface area contributed by atoms with Crippen molar-refractivity contribution in [2.24, 2.45) is 11.7 Å². The minimum Gasteiger partial charge on any atom is -0.493 e. The van der Waals surface area contributed by atoms with E-state index in [2.05, 4.69) is 0 Å². The number of hydrogen-bond donors (Lipinski definition) is 2. The fraction of sp³-hybridized carbons (Fsp3) is 0.571. The quantitative estimate of drug-likeness (QED) is 0.877. The summed E-state index contributed by atoms with van der Waals surface area (Å²) in [5.41, 5.74) is 6.24. The van der Waals surface area contributed by atoms with Gasteiger partial charge in [-0.25, -0.2) is 4.39 Å². The molecule has 114 valence electrons. The van der Waals surface area contributed by atoms with Crippen LogP contribution in [0.5, 0.6) is 11.5 Å². The molecule has 0 bridgehead atoms. The lowest BCUT2D eigenvalue weighted by atomic mass is 9.77. The Kier molecular flexibility index (Phi) is 6.05. The summed E-state index contributed by atoms with van der Waals surface area (Å²) in [5, 5.41) is 10.1. The maximum Gasteiger partial charge on any atom is 0.163 e. The lowest BCUT2D eigenvalue weighted by Crippen LogP contribution is -2.36. The van der Waals surface area contributed by atoms with E-state index in [0.29, 0.717) is 11.5 Å². The minimum absolute atomic E-state index is 0. The second-order valence-corrected chi connectivity index (χ2v) is 4.94. The predicted molar refractivity (Wildman–Crippen MR) is 77.0 cm³/mol. The van der Waals surface area contributed by atoms with Crippen molar-refractivity contribution in [2.45, 2.75) is 31.4 Å². The molecule has 1 aliphatic carbocycles. The van der Waals surface area contributed by atoms with Gasteiger partial charge in [-0.15, -0.1) is 12.4 Å². The topological polar surface area (TPSA) is 64.7 Å². The number of aliphatic hydroxyl groups excluding tert-OH is 1. The third-order valence-electron chi connectivity index (χ3n) is 3.86. The number of nitrogens with two attached hydrogens (primary N) is 1. The summed E-state index contributed by atoms with van der Waals surface area (Å²) in [6.07, 6.45) is 2.28. The van der Waals surface area contributed by atoms with Crippen molar-refractivity contribution in [1.82, 2.24) is 0 Å². The van der Waals surface area contributed by atoms with E-state index >= 15 is 0 Å². The third-order valence-corrected chi connectivity index (χ3v) is 3.86. The zero-order chi connectivity index (χ0) is 14.0. The second-order valence-electron chi connectivity index (χ2n) is 4.94. The molecule has 0 amide bonds. The van der Waals surface area contributed by atoms with E-state index in [1.54, 1.807) is 0 Å². The molecule has 6 heteroatoms. The first-order chi connectivity index (χ1) is 9.08. The van der Waals surface area contributed by atoms with Crippen LogP contribution in [-0.4, -0.2) is 25.4 Å².